The van der Waals surface area contributed by atoms with Crippen molar-refractivity contribution in [3.63, 3.8) is 0 Å². The first-order valence-corrected chi connectivity index (χ1v) is 7.52. The standard InChI is InChI=1S/C16H22N4O/c1-2-10-20-14(7-9-18-20)15(19-17)16-13-6-4-3-5-12(13)8-11-21-16/h3-7,9,15-16,19H,2,8,10-11,17H2,1H3. The van der Waals surface area contributed by atoms with Gasteiger partial charge in [-0.3, -0.25) is 10.5 Å². The van der Waals surface area contributed by atoms with Gasteiger partial charge in [0.15, 0.2) is 0 Å². The van der Waals surface area contributed by atoms with Crippen LogP contribution in [-0.4, -0.2) is 16.4 Å². The summed E-state index contributed by atoms with van der Waals surface area (Å²) in [6.45, 7) is 3.75. The number of nitrogens with two attached hydrogens (primary N) is 1. The van der Waals surface area contributed by atoms with Crippen LogP contribution in [0, 0.1) is 0 Å². The lowest BCUT2D eigenvalue weighted by Crippen LogP contribution is -2.37. The summed E-state index contributed by atoms with van der Waals surface area (Å²) in [7, 11) is 0. The maximum atomic E-state index is 6.03. The van der Waals surface area contributed by atoms with Crippen molar-refractivity contribution >= 4 is 0 Å². The third kappa shape index (κ3) is 2.72. The summed E-state index contributed by atoms with van der Waals surface area (Å²) >= 11 is 0. The van der Waals surface area contributed by atoms with Gasteiger partial charge in [-0.2, -0.15) is 5.10 Å². The molecule has 0 radical (unpaired) electrons. The fourth-order valence-corrected chi connectivity index (χ4v) is 3.03. The van der Waals surface area contributed by atoms with Gasteiger partial charge in [-0.05, 0) is 30.0 Å². The molecule has 2 atom stereocenters. The van der Waals surface area contributed by atoms with E-state index in [0.29, 0.717) is 0 Å². The van der Waals surface area contributed by atoms with Crippen molar-refractivity contribution in [3.8, 4) is 0 Å². The molecule has 1 aliphatic rings. The molecule has 2 heterocycles. The van der Waals surface area contributed by atoms with Gasteiger partial charge in [-0.15, -0.1) is 0 Å². The van der Waals surface area contributed by atoms with E-state index >= 15 is 0 Å². The third-order valence-electron chi connectivity index (χ3n) is 4.02. The maximum Gasteiger partial charge on any atom is 0.105 e. The number of aromatic nitrogens is 2. The summed E-state index contributed by atoms with van der Waals surface area (Å²) in [6, 6.07) is 10.3. The average Bonchev–Trinajstić information content (AvgIpc) is 2.97. The summed E-state index contributed by atoms with van der Waals surface area (Å²) < 4.78 is 8.04. The SMILES string of the molecule is CCCn1nccc1C(NN)C1OCCc2ccccc21. The lowest BCUT2D eigenvalue weighted by atomic mass is 9.92. The number of benzene rings is 1. The molecule has 0 amide bonds. The van der Waals surface area contributed by atoms with Gasteiger partial charge in [0, 0.05) is 12.7 Å². The van der Waals surface area contributed by atoms with E-state index in [4.69, 9.17) is 10.6 Å². The van der Waals surface area contributed by atoms with Crippen molar-refractivity contribution in [2.24, 2.45) is 5.84 Å². The van der Waals surface area contributed by atoms with Gasteiger partial charge in [-0.1, -0.05) is 31.2 Å². The molecule has 0 bridgehead atoms. The molecule has 3 N–H and O–H groups in total. The van der Waals surface area contributed by atoms with Gasteiger partial charge in [0.05, 0.1) is 18.3 Å². The quantitative estimate of drug-likeness (QED) is 0.652. The van der Waals surface area contributed by atoms with Gasteiger partial charge in [0.2, 0.25) is 0 Å². The molecule has 1 aromatic carbocycles. The molecular formula is C16H22N4O. The normalized spacial score (nSPS) is 19.2. The number of ether oxygens (including phenoxy) is 1. The number of hydrogen-bond acceptors (Lipinski definition) is 4. The minimum Gasteiger partial charge on any atom is -0.371 e. The van der Waals surface area contributed by atoms with Crippen LogP contribution in [0.1, 0.15) is 42.3 Å². The van der Waals surface area contributed by atoms with Crippen LogP contribution in [0.15, 0.2) is 36.5 Å². The van der Waals surface area contributed by atoms with E-state index in [9.17, 15) is 0 Å². The van der Waals surface area contributed by atoms with Crippen LogP contribution < -0.4 is 11.3 Å². The third-order valence-corrected chi connectivity index (χ3v) is 4.02. The Kier molecular flexibility index (Phi) is 4.34. The predicted octanol–water partition coefficient (Wildman–Crippen LogP) is 2.11. The van der Waals surface area contributed by atoms with Crippen LogP contribution in [0.3, 0.4) is 0 Å². The fourth-order valence-electron chi connectivity index (χ4n) is 3.03. The summed E-state index contributed by atoms with van der Waals surface area (Å²) in [4.78, 5) is 0. The second-order valence-electron chi connectivity index (χ2n) is 5.36. The van der Waals surface area contributed by atoms with Crippen molar-refractivity contribution < 1.29 is 4.74 Å². The predicted molar refractivity (Wildman–Crippen MR) is 81.4 cm³/mol. The Morgan fingerprint density at radius 1 is 1.43 bits per heavy atom. The lowest BCUT2D eigenvalue weighted by Gasteiger charge is -2.32. The molecule has 21 heavy (non-hydrogen) atoms. The summed E-state index contributed by atoms with van der Waals surface area (Å²) in [6.07, 6.45) is 3.74. The van der Waals surface area contributed by atoms with Crippen LogP contribution in [0.5, 0.6) is 0 Å². The molecule has 0 aliphatic carbocycles. The Labute approximate surface area is 125 Å². The summed E-state index contributed by atoms with van der Waals surface area (Å²) in [5.41, 5.74) is 6.56. The zero-order chi connectivity index (χ0) is 14.7. The molecule has 1 aromatic heterocycles. The molecule has 5 nitrogen and oxygen atoms in total. The Morgan fingerprint density at radius 2 is 2.29 bits per heavy atom. The van der Waals surface area contributed by atoms with Gasteiger partial charge < -0.3 is 4.74 Å². The number of nitrogens with one attached hydrogen (secondary N) is 1. The first kappa shape index (κ1) is 14.3. The zero-order valence-corrected chi connectivity index (χ0v) is 12.3. The average molecular weight is 286 g/mol. The first-order chi connectivity index (χ1) is 10.3. The molecule has 0 fully saturated rings. The molecule has 3 rings (SSSR count). The fraction of sp³-hybridized carbons (Fsp3) is 0.438. The number of rotatable bonds is 5. The number of nitrogens with zero attached hydrogens (tertiary/aromatic N) is 2. The van der Waals surface area contributed by atoms with Gasteiger partial charge in [0.1, 0.15) is 6.10 Å². The zero-order valence-electron chi connectivity index (χ0n) is 12.3. The molecule has 0 spiro atoms. The molecule has 112 valence electrons. The minimum absolute atomic E-state index is 0.0766. The Bertz CT molecular complexity index is 595. The first-order valence-electron chi connectivity index (χ1n) is 7.52. The lowest BCUT2D eigenvalue weighted by molar-refractivity contribution is 0.0126. The van der Waals surface area contributed by atoms with E-state index in [1.54, 1.807) is 0 Å². The Balaban J connectivity index is 1.96. The Morgan fingerprint density at radius 3 is 3.10 bits per heavy atom. The largest absolute Gasteiger partial charge is 0.371 e. The van der Waals surface area contributed by atoms with Crippen LogP contribution in [0.2, 0.25) is 0 Å². The van der Waals surface area contributed by atoms with Gasteiger partial charge in [-0.25, -0.2) is 5.43 Å². The van der Waals surface area contributed by atoms with Crippen molar-refractivity contribution in [3.05, 3.63) is 53.3 Å². The van der Waals surface area contributed by atoms with Crippen molar-refractivity contribution in [1.29, 1.82) is 0 Å². The van der Waals surface area contributed by atoms with Crippen LogP contribution >= 0.6 is 0 Å². The topological polar surface area (TPSA) is 65.1 Å². The number of hydrazine groups is 1. The van der Waals surface area contributed by atoms with Crippen LogP contribution in [0.4, 0.5) is 0 Å². The smallest absolute Gasteiger partial charge is 0.105 e. The van der Waals surface area contributed by atoms with E-state index < -0.39 is 0 Å². The van der Waals surface area contributed by atoms with Gasteiger partial charge >= 0.3 is 0 Å². The van der Waals surface area contributed by atoms with E-state index in [1.807, 2.05) is 16.9 Å². The highest BCUT2D eigenvalue weighted by Gasteiger charge is 2.31. The highest BCUT2D eigenvalue weighted by atomic mass is 16.5. The highest BCUT2D eigenvalue weighted by Crippen LogP contribution is 2.36. The monoisotopic (exact) mass is 286 g/mol. The highest BCUT2D eigenvalue weighted by molar-refractivity contribution is 5.33. The molecule has 1 aliphatic heterocycles. The van der Waals surface area contributed by atoms with Crippen molar-refractivity contribution in [2.45, 2.75) is 38.5 Å². The number of hydrogen-bond donors (Lipinski definition) is 2. The second kappa shape index (κ2) is 6.39. The van der Waals surface area contributed by atoms with Crippen LogP contribution in [-0.2, 0) is 17.7 Å². The van der Waals surface area contributed by atoms with Crippen molar-refractivity contribution in [1.82, 2.24) is 15.2 Å². The molecule has 5 heteroatoms. The molecule has 0 saturated heterocycles. The molecule has 0 saturated carbocycles. The van der Waals surface area contributed by atoms with E-state index in [-0.39, 0.29) is 12.1 Å². The maximum absolute atomic E-state index is 6.03. The number of fused-ring (bicyclic) bond motifs is 1. The Hall–Kier alpha value is -1.69. The molecule has 2 aromatic rings. The van der Waals surface area contributed by atoms with Gasteiger partial charge in [0.25, 0.3) is 0 Å². The minimum atomic E-state index is -0.0968. The summed E-state index contributed by atoms with van der Waals surface area (Å²) in [5.74, 6) is 5.85. The van der Waals surface area contributed by atoms with Crippen molar-refractivity contribution in [2.75, 3.05) is 6.61 Å². The van der Waals surface area contributed by atoms with E-state index in [1.165, 1.54) is 11.1 Å². The summed E-state index contributed by atoms with van der Waals surface area (Å²) in [5, 5.41) is 4.39. The second-order valence-corrected chi connectivity index (χ2v) is 5.36. The molecular weight excluding hydrogens is 264 g/mol. The van der Waals surface area contributed by atoms with Crippen LogP contribution in [0.25, 0.3) is 0 Å². The van der Waals surface area contributed by atoms with E-state index in [0.717, 1.165) is 31.7 Å². The van der Waals surface area contributed by atoms with E-state index in [2.05, 4.69) is 41.7 Å². The molecule has 2 unspecified atom stereocenters. The number of aryl methyl sites for hydroxylation is 1.